The summed E-state index contributed by atoms with van der Waals surface area (Å²) < 4.78 is 6.38. The topological polar surface area (TPSA) is 12.5 Å². The number of hydrogen-bond donors (Lipinski definition) is 0. The van der Waals surface area contributed by atoms with E-state index in [-0.39, 0.29) is 21.8 Å². The first-order chi connectivity index (χ1) is 9.47. The van der Waals surface area contributed by atoms with Crippen LogP contribution in [-0.2, 0) is 4.74 Å². The Bertz CT molecular complexity index is 432. The number of allylic oxidation sites excluding steroid dienone is 2. The molecule has 2 nitrogen and oxygen atoms in total. The van der Waals surface area contributed by atoms with E-state index in [0.717, 1.165) is 12.4 Å². The average Bonchev–Trinajstić information content (AvgIpc) is 2.22. The summed E-state index contributed by atoms with van der Waals surface area (Å²) in [5.41, 5.74) is 1.70. The van der Waals surface area contributed by atoms with Gasteiger partial charge in [-0.3, -0.25) is 0 Å². The van der Waals surface area contributed by atoms with Crippen LogP contribution in [0.5, 0.6) is 0 Å². The van der Waals surface area contributed by atoms with Crippen LogP contribution in [-0.4, -0.2) is 23.1 Å². The van der Waals surface area contributed by atoms with E-state index >= 15 is 0 Å². The van der Waals surface area contributed by atoms with E-state index < -0.39 is 0 Å². The van der Waals surface area contributed by atoms with Crippen LogP contribution in [0.3, 0.4) is 0 Å². The molecule has 1 aliphatic heterocycles. The average molecular weight is 310 g/mol. The van der Waals surface area contributed by atoms with Crippen LogP contribution < -0.4 is 0 Å². The first-order valence-corrected chi connectivity index (χ1v) is 8.65. The van der Waals surface area contributed by atoms with Gasteiger partial charge in [-0.2, -0.15) is 0 Å². The van der Waals surface area contributed by atoms with Gasteiger partial charge in [0, 0.05) is 16.4 Å². The highest BCUT2D eigenvalue weighted by atomic mass is 16.5. The molecule has 0 aromatic heterocycles. The molecule has 0 fully saturated rings. The van der Waals surface area contributed by atoms with Crippen molar-refractivity contribution in [3.05, 3.63) is 11.5 Å². The minimum atomic E-state index is 0.0228. The van der Waals surface area contributed by atoms with Gasteiger partial charge in [0.2, 0.25) is 0 Å². The Balaban J connectivity index is 3.65. The van der Waals surface area contributed by atoms with Crippen LogP contribution in [0.4, 0.5) is 0 Å². The molecule has 0 spiro atoms. The fourth-order valence-electron chi connectivity index (χ4n) is 3.28. The van der Waals surface area contributed by atoms with Gasteiger partial charge in [-0.15, -0.1) is 0 Å². The van der Waals surface area contributed by atoms with E-state index in [1.807, 2.05) is 0 Å². The SMILES string of the molecule is CC(C)(C)C1=C(C(C)(C)C)N(C(C)(C)C)C(C(C)(C)C)CO1. The van der Waals surface area contributed by atoms with Gasteiger partial charge in [0.25, 0.3) is 0 Å². The summed E-state index contributed by atoms with van der Waals surface area (Å²) in [5, 5.41) is 0. The summed E-state index contributed by atoms with van der Waals surface area (Å²) >= 11 is 0. The van der Waals surface area contributed by atoms with Gasteiger partial charge in [0.1, 0.15) is 12.4 Å². The maximum Gasteiger partial charge on any atom is 0.121 e. The predicted molar refractivity (Wildman–Crippen MR) is 96.7 cm³/mol. The van der Waals surface area contributed by atoms with Crippen LogP contribution in [0, 0.1) is 16.2 Å². The number of ether oxygens (including phenoxy) is 1. The molecule has 0 bridgehead atoms. The third-order valence-corrected chi connectivity index (χ3v) is 4.27. The van der Waals surface area contributed by atoms with E-state index in [1.54, 1.807) is 0 Å². The zero-order chi connectivity index (χ0) is 17.7. The van der Waals surface area contributed by atoms with Crippen LogP contribution in [0.15, 0.2) is 11.5 Å². The van der Waals surface area contributed by atoms with Gasteiger partial charge in [-0.1, -0.05) is 62.3 Å². The lowest BCUT2D eigenvalue weighted by molar-refractivity contribution is -0.0530. The Hall–Kier alpha value is -0.660. The maximum atomic E-state index is 6.38. The Morgan fingerprint density at radius 1 is 0.773 bits per heavy atom. The molecule has 1 unspecified atom stereocenters. The molecule has 0 saturated heterocycles. The molecule has 0 radical (unpaired) electrons. The second kappa shape index (κ2) is 5.46. The van der Waals surface area contributed by atoms with Crippen molar-refractivity contribution in [3.63, 3.8) is 0 Å². The Morgan fingerprint density at radius 3 is 1.50 bits per heavy atom. The summed E-state index contributed by atoms with van der Waals surface area (Å²) in [7, 11) is 0. The molecule has 1 aliphatic rings. The van der Waals surface area contributed by atoms with E-state index in [2.05, 4.69) is 88.0 Å². The third-order valence-electron chi connectivity index (χ3n) is 4.27. The van der Waals surface area contributed by atoms with Crippen molar-refractivity contribution in [2.24, 2.45) is 16.2 Å². The summed E-state index contributed by atoms with van der Waals surface area (Å²) in [6.07, 6.45) is 0. The fourth-order valence-corrected chi connectivity index (χ4v) is 3.28. The van der Waals surface area contributed by atoms with Gasteiger partial charge in [-0.05, 0) is 26.2 Å². The van der Waals surface area contributed by atoms with Crippen molar-refractivity contribution in [1.29, 1.82) is 0 Å². The molecule has 0 aromatic rings. The van der Waals surface area contributed by atoms with Crippen molar-refractivity contribution >= 4 is 0 Å². The van der Waals surface area contributed by atoms with E-state index in [0.29, 0.717) is 6.04 Å². The van der Waals surface area contributed by atoms with Crippen LogP contribution in [0.2, 0.25) is 0 Å². The van der Waals surface area contributed by atoms with Crippen molar-refractivity contribution < 1.29 is 4.74 Å². The molecule has 0 aliphatic carbocycles. The maximum absolute atomic E-state index is 6.38. The standard InChI is InChI=1S/C20H39NO/c1-17(2,3)14-13-22-16(19(7,8)9)15(18(4,5)6)21(14)20(10,11)12/h14H,13H2,1-12H3. The van der Waals surface area contributed by atoms with Gasteiger partial charge >= 0.3 is 0 Å². The fraction of sp³-hybridized carbons (Fsp3) is 0.900. The molecule has 1 atom stereocenters. The van der Waals surface area contributed by atoms with Crippen LogP contribution in [0.1, 0.15) is 83.1 Å². The van der Waals surface area contributed by atoms with E-state index in [9.17, 15) is 0 Å². The van der Waals surface area contributed by atoms with E-state index in [1.165, 1.54) is 5.70 Å². The van der Waals surface area contributed by atoms with Gasteiger partial charge < -0.3 is 9.64 Å². The molecular weight excluding hydrogens is 270 g/mol. The monoisotopic (exact) mass is 309 g/mol. The lowest BCUT2D eigenvalue weighted by Gasteiger charge is -2.56. The van der Waals surface area contributed by atoms with Crippen molar-refractivity contribution in [1.82, 2.24) is 4.90 Å². The first kappa shape index (κ1) is 19.4. The summed E-state index contributed by atoms with van der Waals surface area (Å²) in [5.74, 6) is 1.16. The summed E-state index contributed by atoms with van der Waals surface area (Å²) in [4.78, 5) is 2.65. The molecule has 1 heterocycles. The number of nitrogens with zero attached hydrogens (tertiary/aromatic N) is 1. The minimum Gasteiger partial charge on any atom is -0.493 e. The predicted octanol–water partition coefficient (Wildman–Crippen LogP) is 5.84. The van der Waals surface area contributed by atoms with Crippen LogP contribution in [0.25, 0.3) is 0 Å². The lowest BCUT2D eigenvalue weighted by Crippen LogP contribution is -2.59. The minimum absolute atomic E-state index is 0.0228. The molecule has 22 heavy (non-hydrogen) atoms. The first-order valence-electron chi connectivity index (χ1n) is 8.65. The van der Waals surface area contributed by atoms with Crippen molar-refractivity contribution in [3.8, 4) is 0 Å². The Labute approximate surface area is 139 Å². The van der Waals surface area contributed by atoms with E-state index in [4.69, 9.17) is 4.74 Å². The van der Waals surface area contributed by atoms with Crippen molar-refractivity contribution in [2.45, 2.75) is 94.7 Å². The highest BCUT2D eigenvalue weighted by Gasteiger charge is 2.47. The molecule has 0 N–H and O–H groups in total. The normalized spacial score (nSPS) is 22.0. The third kappa shape index (κ3) is 4.00. The molecule has 0 amide bonds. The van der Waals surface area contributed by atoms with Crippen molar-refractivity contribution in [2.75, 3.05) is 6.61 Å². The second-order valence-corrected chi connectivity index (χ2v) is 10.9. The highest BCUT2D eigenvalue weighted by Crippen LogP contribution is 2.47. The molecule has 0 saturated carbocycles. The number of hydrogen-bond acceptors (Lipinski definition) is 2. The highest BCUT2D eigenvalue weighted by molar-refractivity contribution is 5.25. The zero-order valence-electron chi connectivity index (χ0n) is 17.1. The van der Waals surface area contributed by atoms with Gasteiger partial charge in [0.15, 0.2) is 0 Å². The largest absolute Gasteiger partial charge is 0.493 e. The second-order valence-electron chi connectivity index (χ2n) is 10.9. The molecule has 130 valence electrons. The molecule has 2 heteroatoms. The molecule has 0 aromatic carbocycles. The molecule has 1 rings (SSSR count). The summed E-state index contributed by atoms with van der Waals surface area (Å²) in [6.45, 7) is 28.4. The molecular formula is C20H39NO. The number of rotatable bonds is 0. The summed E-state index contributed by atoms with van der Waals surface area (Å²) in [6, 6.07) is 0.382. The Kier molecular flexibility index (Phi) is 4.81. The smallest absolute Gasteiger partial charge is 0.121 e. The zero-order valence-corrected chi connectivity index (χ0v) is 17.1. The lowest BCUT2D eigenvalue weighted by atomic mass is 9.76. The van der Waals surface area contributed by atoms with Crippen LogP contribution >= 0.6 is 0 Å². The van der Waals surface area contributed by atoms with Gasteiger partial charge in [0.05, 0.1) is 11.7 Å². The van der Waals surface area contributed by atoms with Gasteiger partial charge in [-0.25, -0.2) is 0 Å². The Morgan fingerprint density at radius 2 is 1.23 bits per heavy atom. The quantitative estimate of drug-likeness (QED) is 0.557.